The van der Waals surface area contributed by atoms with Gasteiger partial charge in [0, 0.05) is 22.9 Å². The first-order chi connectivity index (χ1) is 15.3. The highest BCUT2D eigenvalue weighted by Crippen LogP contribution is 2.32. The third-order valence-corrected chi connectivity index (χ3v) is 6.62. The molecule has 1 atom stereocenters. The van der Waals surface area contributed by atoms with Gasteiger partial charge in [0.1, 0.15) is 5.82 Å². The highest BCUT2D eigenvalue weighted by molar-refractivity contribution is 7.98. The first kappa shape index (κ1) is 22.1. The molecule has 7 nitrogen and oxygen atoms in total. The zero-order valence-corrected chi connectivity index (χ0v) is 19.1. The van der Waals surface area contributed by atoms with Crippen molar-refractivity contribution in [2.75, 3.05) is 10.6 Å². The molecule has 164 valence electrons. The van der Waals surface area contributed by atoms with Crippen LogP contribution >= 0.6 is 23.4 Å². The second-order valence-corrected chi connectivity index (χ2v) is 8.99. The van der Waals surface area contributed by atoms with E-state index in [1.165, 1.54) is 17.3 Å². The van der Waals surface area contributed by atoms with Gasteiger partial charge in [-0.1, -0.05) is 59.3 Å². The summed E-state index contributed by atoms with van der Waals surface area (Å²) in [4.78, 5) is 45.3. The zero-order valence-electron chi connectivity index (χ0n) is 17.5. The van der Waals surface area contributed by atoms with E-state index in [0.29, 0.717) is 27.2 Å². The zero-order chi connectivity index (χ0) is 22.8. The van der Waals surface area contributed by atoms with Crippen LogP contribution in [0.15, 0.2) is 52.4 Å². The lowest BCUT2D eigenvalue weighted by Crippen LogP contribution is -2.36. The fourth-order valence-corrected chi connectivity index (χ4v) is 4.43. The molecule has 1 unspecified atom stereocenters. The van der Waals surface area contributed by atoms with Crippen molar-refractivity contribution in [1.29, 1.82) is 0 Å². The number of aromatic amines is 1. The first-order valence-corrected chi connectivity index (χ1v) is 11.4. The Bertz CT molecular complexity index is 1260. The molecule has 32 heavy (non-hydrogen) atoms. The number of nitrogens with one attached hydrogen (secondary N) is 3. The second-order valence-electron chi connectivity index (χ2n) is 7.61. The van der Waals surface area contributed by atoms with Gasteiger partial charge in [-0.05, 0) is 37.1 Å². The largest absolute Gasteiger partial charge is 0.325 e. The summed E-state index contributed by atoms with van der Waals surface area (Å²) < 4.78 is 0. The Labute approximate surface area is 194 Å². The number of thioether (sulfide) groups is 1. The van der Waals surface area contributed by atoms with Crippen LogP contribution in [0.1, 0.15) is 34.6 Å². The van der Waals surface area contributed by atoms with Crippen molar-refractivity contribution < 1.29 is 9.59 Å². The summed E-state index contributed by atoms with van der Waals surface area (Å²) in [6, 6.07) is 13.2. The fraction of sp³-hybridized carbons (Fsp3) is 0.217. The third kappa shape index (κ3) is 4.71. The molecule has 1 aromatic heterocycles. The van der Waals surface area contributed by atoms with Gasteiger partial charge >= 0.3 is 0 Å². The summed E-state index contributed by atoms with van der Waals surface area (Å²) in [6.45, 7) is 3.80. The number of halogens is 1. The molecular formula is C23H21ClN4O3S. The number of anilines is 2. The van der Waals surface area contributed by atoms with E-state index in [1.54, 1.807) is 25.1 Å². The molecular weight excluding hydrogens is 448 g/mol. The lowest BCUT2D eigenvalue weighted by atomic mass is 9.92. The van der Waals surface area contributed by atoms with E-state index in [0.717, 1.165) is 5.56 Å². The number of hydrogen-bond donors (Lipinski definition) is 3. The van der Waals surface area contributed by atoms with Gasteiger partial charge in [0.05, 0.1) is 11.5 Å². The van der Waals surface area contributed by atoms with E-state index < -0.39 is 17.4 Å². The van der Waals surface area contributed by atoms with Crippen molar-refractivity contribution in [2.45, 2.75) is 37.1 Å². The van der Waals surface area contributed by atoms with E-state index in [-0.39, 0.29) is 23.7 Å². The van der Waals surface area contributed by atoms with Crippen LogP contribution in [-0.4, -0.2) is 21.8 Å². The molecule has 4 rings (SSSR count). The van der Waals surface area contributed by atoms with Gasteiger partial charge in [0.15, 0.2) is 5.16 Å². The normalized spacial score (nSPS) is 15.1. The number of rotatable bonds is 5. The summed E-state index contributed by atoms with van der Waals surface area (Å²) in [5, 5.41) is 6.31. The van der Waals surface area contributed by atoms with Crippen molar-refractivity contribution in [3.05, 3.63) is 80.1 Å². The van der Waals surface area contributed by atoms with E-state index in [9.17, 15) is 14.4 Å². The van der Waals surface area contributed by atoms with Gasteiger partial charge in [-0.25, -0.2) is 4.98 Å². The number of H-pyrrole nitrogens is 1. The molecule has 3 aromatic rings. The number of aryl methyl sites for hydroxylation is 1. The lowest BCUT2D eigenvalue weighted by Gasteiger charge is -2.24. The minimum Gasteiger partial charge on any atom is -0.325 e. The van der Waals surface area contributed by atoms with Crippen molar-refractivity contribution in [1.82, 2.24) is 9.97 Å². The molecule has 0 radical (unpaired) electrons. The summed E-state index contributed by atoms with van der Waals surface area (Å²) in [7, 11) is 0. The Hall–Kier alpha value is -3.10. The highest BCUT2D eigenvalue weighted by Gasteiger charge is 2.35. The number of hydrogen-bond acceptors (Lipinski definition) is 5. The number of fused-ring (bicyclic) bond motifs is 1. The average Bonchev–Trinajstić information content (AvgIpc) is 2.75. The Morgan fingerprint density at radius 3 is 2.69 bits per heavy atom. The summed E-state index contributed by atoms with van der Waals surface area (Å²) in [5.74, 6) is -1.05. The summed E-state index contributed by atoms with van der Waals surface area (Å²) in [6.07, 6.45) is -0.140. The van der Waals surface area contributed by atoms with Crippen LogP contribution < -0.4 is 16.2 Å². The number of nitrogens with zero attached hydrogens (tertiary/aromatic N) is 1. The van der Waals surface area contributed by atoms with E-state index >= 15 is 0 Å². The second kappa shape index (κ2) is 9.18. The molecule has 2 amide bonds. The Morgan fingerprint density at radius 1 is 1.19 bits per heavy atom. The molecule has 0 saturated carbocycles. The highest BCUT2D eigenvalue weighted by atomic mass is 35.5. The van der Waals surface area contributed by atoms with Gasteiger partial charge in [-0.2, -0.15) is 0 Å². The number of aromatic nitrogens is 2. The average molecular weight is 469 g/mol. The Balaban J connectivity index is 1.58. The predicted molar refractivity (Wildman–Crippen MR) is 126 cm³/mol. The van der Waals surface area contributed by atoms with Crippen LogP contribution in [0.4, 0.5) is 11.5 Å². The van der Waals surface area contributed by atoms with Gasteiger partial charge in [0.2, 0.25) is 11.8 Å². The van der Waals surface area contributed by atoms with Gasteiger partial charge in [-0.3, -0.25) is 14.4 Å². The summed E-state index contributed by atoms with van der Waals surface area (Å²) >= 11 is 7.48. The molecule has 0 aliphatic carbocycles. The standard InChI is InChI=1S/C23H21ClN4O3S/c1-12-6-8-14(9-7-12)11-32-23-27-20-19(22(31)28-23)15(10-18(29)26-20)21(30)25-17-5-3-4-16(24)13(17)2/h3-9,15H,10-11H2,1-2H3,(H,25,30)(H2,26,27,28,29,31). The molecule has 2 heterocycles. The van der Waals surface area contributed by atoms with Crippen LogP contribution in [0.5, 0.6) is 0 Å². The smallest absolute Gasteiger partial charge is 0.257 e. The molecule has 0 bridgehead atoms. The molecule has 1 aliphatic rings. The maximum Gasteiger partial charge on any atom is 0.257 e. The van der Waals surface area contributed by atoms with Crippen molar-refractivity contribution in [3.8, 4) is 0 Å². The predicted octanol–water partition coefficient (Wildman–Crippen LogP) is 4.40. The third-order valence-electron chi connectivity index (χ3n) is 5.27. The molecule has 0 saturated heterocycles. The van der Waals surface area contributed by atoms with Crippen LogP contribution in [0, 0.1) is 13.8 Å². The van der Waals surface area contributed by atoms with E-state index in [4.69, 9.17) is 11.6 Å². The minimum atomic E-state index is -0.954. The van der Waals surface area contributed by atoms with Crippen LogP contribution in [0.3, 0.4) is 0 Å². The minimum absolute atomic E-state index is 0.124. The number of amides is 2. The maximum atomic E-state index is 13.0. The van der Waals surface area contributed by atoms with Gasteiger partial charge in [-0.15, -0.1) is 0 Å². The molecule has 3 N–H and O–H groups in total. The fourth-order valence-electron chi connectivity index (χ4n) is 3.44. The van der Waals surface area contributed by atoms with Crippen molar-refractivity contribution in [3.63, 3.8) is 0 Å². The maximum absolute atomic E-state index is 13.0. The Morgan fingerprint density at radius 2 is 1.94 bits per heavy atom. The van der Waals surface area contributed by atoms with Crippen LogP contribution in [0.2, 0.25) is 5.02 Å². The van der Waals surface area contributed by atoms with Crippen molar-refractivity contribution in [2.24, 2.45) is 0 Å². The lowest BCUT2D eigenvalue weighted by molar-refractivity contribution is -0.123. The summed E-state index contributed by atoms with van der Waals surface area (Å²) in [5.41, 5.74) is 3.20. The molecule has 1 aliphatic heterocycles. The number of carbonyl (C=O) groups excluding carboxylic acids is 2. The molecule has 0 spiro atoms. The Kier molecular flexibility index (Phi) is 6.34. The van der Waals surface area contributed by atoms with E-state index in [1.807, 2.05) is 31.2 Å². The van der Waals surface area contributed by atoms with Crippen molar-refractivity contribution >= 4 is 46.7 Å². The quantitative estimate of drug-likeness (QED) is 0.380. The SMILES string of the molecule is Cc1ccc(CSc2nc3c(c(=O)[nH]2)C(C(=O)Nc2cccc(Cl)c2C)CC(=O)N3)cc1. The monoisotopic (exact) mass is 468 g/mol. The van der Waals surface area contributed by atoms with Gasteiger partial charge in [0.25, 0.3) is 5.56 Å². The first-order valence-electron chi connectivity index (χ1n) is 10.00. The molecule has 2 aromatic carbocycles. The topological polar surface area (TPSA) is 104 Å². The molecule has 0 fully saturated rings. The van der Waals surface area contributed by atoms with Crippen LogP contribution in [-0.2, 0) is 15.3 Å². The van der Waals surface area contributed by atoms with E-state index in [2.05, 4.69) is 20.6 Å². The molecule has 9 heteroatoms. The van der Waals surface area contributed by atoms with Crippen LogP contribution in [0.25, 0.3) is 0 Å². The number of benzene rings is 2. The van der Waals surface area contributed by atoms with Gasteiger partial charge < -0.3 is 15.6 Å². The number of carbonyl (C=O) groups is 2.